The Morgan fingerprint density at radius 3 is 2.76 bits per heavy atom. The third-order valence-electron chi connectivity index (χ3n) is 3.14. The highest BCUT2D eigenvalue weighted by Gasteiger charge is 2.08. The molecule has 0 amide bonds. The van der Waals surface area contributed by atoms with Crippen molar-refractivity contribution < 1.29 is 5.11 Å². The van der Waals surface area contributed by atoms with Crippen molar-refractivity contribution in [3.63, 3.8) is 0 Å². The van der Waals surface area contributed by atoms with Crippen LogP contribution < -0.4 is 0 Å². The first-order valence-electron chi connectivity index (χ1n) is 5.68. The minimum atomic E-state index is -0.0185. The van der Waals surface area contributed by atoms with Crippen LogP contribution in [0.1, 0.15) is 17.0 Å². The van der Waals surface area contributed by atoms with E-state index in [-0.39, 0.29) is 6.61 Å². The molecule has 0 aliphatic heterocycles. The predicted molar refractivity (Wildman–Crippen MR) is 69.0 cm³/mol. The molecule has 0 atom stereocenters. The number of aromatic nitrogens is 2. The number of fused-ring (bicyclic) bond motifs is 3. The average Bonchev–Trinajstić information content (AvgIpc) is 2.67. The Labute approximate surface area is 99.1 Å². The van der Waals surface area contributed by atoms with Crippen LogP contribution in [0.2, 0.25) is 0 Å². The molecular weight excluding hydrogens is 212 g/mol. The van der Waals surface area contributed by atoms with E-state index < -0.39 is 0 Å². The summed E-state index contributed by atoms with van der Waals surface area (Å²) in [6.45, 7) is 4.02. The maximum Gasteiger partial charge on any atom is 0.0853 e. The molecule has 0 bridgehead atoms. The second-order valence-electron chi connectivity index (χ2n) is 4.45. The van der Waals surface area contributed by atoms with Crippen molar-refractivity contribution in [2.75, 3.05) is 0 Å². The fourth-order valence-electron chi connectivity index (χ4n) is 2.32. The van der Waals surface area contributed by atoms with Crippen LogP contribution >= 0.6 is 0 Å². The van der Waals surface area contributed by atoms with Gasteiger partial charge in [0.15, 0.2) is 0 Å². The van der Waals surface area contributed by atoms with Crippen molar-refractivity contribution in [1.29, 1.82) is 0 Å². The molecule has 0 saturated heterocycles. The van der Waals surface area contributed by atoms with Crippen molar-refractivity contribution >= 4 is 21.8 Å². The van der Waals surface area contributed by atoms with Gasteiger partial charge in [0, 0.05) is 16.3 Å². The highest BCUT2D eigenvalue weighted by Crippen LogP contribution is 2.28. The third kappa shape index (κ3) is 1.51. The molecule has 3 nitrogen and oxygen atoms in total. The van der Waals surface area contributed by atoms with E-state index in [0.29, 0.717) is 0 Å². The van der Waals surface area contributed by atoms with Crippen LogP contribution in [0.3, 0.4) is 0 Å². The molecule has 2 aromatic heterocycles. The smallest absolute Gasteiger partial charge is 0.0853 e. The summed E-state index contributed by atoms with van der Waals surface area (Å²) in [6.07, 6.45) is 0. The minimum Gasteiger partial charge on any atom is -0.390 e. The van der Waals surface area contributed by atoms with Gasteiger partial charge in [-0.05, 0) is 31.5 Å². The first-order chi connectivity index (χ1) is 8.19. The summed E-state index contributed by atoms with van der Waals surface area (Å²) in [4.78, 5) is 7.75. The molecule has 2 N–H and O–H groups in total. The molecule has 3 rings (SSSR count). The lowest BCUT2D eigenvalue weighted by Gasteiger charge is -2.00. The Hall–Kier alpha value is -1.87. The molecule has 0 unspecified atom stereocenters. The molecule has 0 radical (unpaired) electrons. The van der Waals surface area contributed by atoms with Gasteiger partial charge >= 0.3 is 0 Å². The van der Waals surface area contributed by atoms with Crippen molar-refractivity contribution in [2.24, 2.45) is 0 Å². The molecule has 3 aromatic rings. The Kier molecular flexibility index (Phi) is 2.16. The van der Waals surface area contributed by atoms with Crippen molar-refractivity contribution in [1.82, 2.24) is 9.97 Å². The molecule has 86 valence electrons. The number of benzene rings is 1. The normalized spacial score (nSPS) is 11.5. The molecule has 0 saturated carbocycles. The first-order valence-corrected chi connectivity index (χ1v) is 5.68. The number of pyridine rings is 1. The van der Waals surface area contributed by atoms with Gasteiger partial charge in [0.2, 0.25) is 0 Å². The standard InChI is InChI=1S/C14H14N2O/c1-8-3-4-11-12-6-10(7-17)15-9(2)14(12)16-13(11)5-8/h3-6,16-17H,7H2,1-2H3. The van der Waals surface area contributed by atoms with Gasteiger partial charge in [-0.3, -0.25) is 4.98 Å². The monoisotopic (exact) mass is 226 g/mol. The van der Waals surface area contributed by atoms with E-state index in [1.807, 2.05) is 13.0 Å². The molecule has 2 heterocycles. The number of aliphatic hydroxyl groups excluding tert-OH is 1. The molecule has 0 fully saturated rings. The van der Waals surface area contributed by atoms with E-state index in [1.165, 1.54) is 10.9 Å². The number of aromatic amines is 1. The van der Waals surface area contributed by atoms with E-state index in [4.69, 9.17) is 0 Å². The van der Waals surface area contributed by atoms with Crippen molar-refractivity contribution in [3.05, 3.63) is 41.2 Å². The number of nitrogens with zero attached hydrogens (tertiary/aromatic N) is 1. The Morgan fingerprint density at radius 2 is 2.00 bits per heavy atom. The summed E-state index contributed by atoms with van der Waals surface area (Å²) in [5.74, 6) is 0. The predicted octanol–water partition coefficient (Wildman–Crippen LogP) is 2.83. The Balaban J connectivity index is 2.47. The topological polar surface area (TPSA) is 48.9 Å². The van der Waals surface area contributed by atoms with E-state index >= 15 is 0 Å². The Morgan fingerprint density at radius 1 is 1.18 bits per heavy atom. The minimum absolute atomic E-state index is 0.0185. The Bertz CT molecular complexity index is 713. The number of nitrogens with one attached hydrogen (secondary N) is 1. The molecule has 1 aromatic carbocycles. The third-order valence-corrected chi connectivity index (χ3v) is 3.14. The van der Waals surface area contributed by atoms with Crippen LogP contribution in [-0.2, 0) is 6.61 Å². The van der Waals surface area contributed by atoms with Crippen LogP contribution in [0.5, 0.6) is 0 Å². The summed E-state index contributed by atoms with van der Waals surface area (Å²) >= 11 is 0. The zero-order valence-electron chi connectivity index (χ0n) is 9.91. The van der Waals surface area contributed by atoms with Gasteiger partial charge in [0.05, 0.1) is 23.5 Å². The van der Waals surface area contributed by atoms with Crippen molar-refractivity contribution in [2.45, 2.75) is 20.5 Å². The van der Waals surface area contributed by atoms with E-state index in [0.717, 1.165) is 27.8 Å². The molecule has 17 heavy (non-hydrogen) atoms. The van der Waals surface area contributed by atoms with Gasteiger partial charge < -0.3 is 10.1 Å². The second-order valence-corrected chi connectivity index (χ2v) is 4.45. The fourth-order valence-corrected chi connectivity index (χ4v) is 2.32. The van der Waals surface area contributed by atoms with E-state index in [2.05, 4.69) is 35.1 Å². The summed E-state index contributed by atoms with van der Waals surface area (Å²) in [7, 11) is 0. The summed E-state index contributed by atoms with van der Waals surface area (Å²) in [6, 6.07) is 8.30. The van der Waals surface area contributed by atoms with Crippen LogP contribution in [0.4, 0.5) is 0 Å². The maximum atomic E-state index is 9.20. The largest absolute Gasteiger partial charge is 0.390 e. The number of aliphatic hydroxyl groups is 1. The molecular formula is C14H14N2O. The zero-order chi connectivity index (χ0) is 12.0. The second kappa shape index (κ2) is 3.57. The number of aryl methyl sites for hydroxylation is 2. The van der Waals surface area contributed by atoms with Gasteiger partial charge in [-0.2, -0.15) is 0 Å². The molecule has 3 heteroatoms. The lowest BCUT2D eigenvalue weighted by Crippen LogP contribution is -1.92. The fraction of sp³-hybridized carbons (Fsp3) is 0.214. The summed E-state index contributed by atoms with van der Waals surface area (Å²) in [5, 5.41) is 11.5. The van der Waals surface area contributed by atoms with Gasteiger partial charge in [-0.25, -0.2) is 0 Å². The van der Waals surface area contributed by atoms with Gasteiger partial charge in [-0.1, -0.05) is 12.1 Å². The summed E-state index contributed by atoms with van der Waals surface area (Å²) < 4.78 is 0. The van der Waals surface area contributed by atoms with Crippen LogP contribution in [0.25, 0.3) is 21.8 Å². The number of hydrogen-bond acceptors (Lipinski definition) is 2. The van der Waals surface area contributed by atoms with Gasteiger partial charge in [0.1, 0.15) is 0 Å². The highest BCUT2D eigenvalue weighted by atomic mass is 16.3. The molecule has 0 aliphatic carbocycles. The highest BCUT2D eigenvalue weighted by molar-refractivity contribution is 6.08. The summed E-state index contributed by atoms with van der Waals surface area (Å²) in [5.41, 5.74) is 5.07. The van der Waals surface area contributed by atoms with E-state index in [9.17, 15) is 5.11 Å². The maximum absolute atomic E-state index is 9.20. The quantitative estimate of drug-likeness (QED) is 0.670. The van der Waals surface area contributed by atoms with Crippen molar-refractivity contribution in [3.8, 4) is 0 Å². The van der Waals surface area contributed by atoms with Crippen LogP contribution in [0.15, 0.2) is 24.3 Å². The molecule has 0 spiro atoms. The number of H-pyrrole nitrogens is 1. The number of rotatable bonds is 1. The van der Waals surface area contributed by atoms with E-state index in [1.54, 1.807) is 0 Å². The lowest BCUT2D eigenvalue weighted by molar-refractivity contribution is 0.277. The molecule has 0 aliphatic rings. The average molecular weight is 226 g/mol. The zero-order valence-corrected chi connectivity index (χ0v) is 9.91. The van der Waals surface area contributed by atoms with Gasteiger partial charge in [0.25, 0.3) is 0 Å². The van der Waals surface area contributed by atoms with Gasteiger partial charge in [-0.15, -0.1) is 0 Å². The SMILES string of the molecule is Cc1ccc2c(c1)[nH]c1c(C)nc(CO)cc12. The van der Waals surface area contributed by atoms with Crippen LogP contribution in [-0.4, -0.2) is 15.1 Å². The first kappa shape index (κ1) is 10.3. The van der Waals surface area contributed by atoms with Crippen LogP contribution in [0, 0.1) is 13.8 Å². The number of hydrogen-bond donors (Lipinski definition) is 2. The lowest BCUT2D eigenvalue weighted by atomic mass is 10.1.